The summed E-state index contributed by atoms with van der Waals surface area (Å²) in [6, 6.07) is 4.57. The summed E-state index contributed by atoms with van der Waals surface area (Å²) in [5, 5.41) is 3.52. The zero-order valence-corrected chi connectivity index (χ0v) is 8.32. The summed E-state index contributed by atoms with van der Waals surface area (Å²) < 4.78 is 0. The molecule has 0 radical (unpaired) electrons. The summed E-state index contributed by atoms with van der Waals surface area (Å²) in [6.07, 6.45) is 7.43. The zero-order chi connectivity index (χ0) is 9.80. The summed E-state index contributed by atoms with van der Waals surface area (Å²) >= 11 is 0. The quantitative estimate of drug-likeness (QED) is 0.763. The van der Waals surface area contributed by atoms with Gasteiger partial charge in [-0.05, 0) is 37.4 Å². The fraction of sp³-hybridized carbons (Fsp3) is 0.545. The molecule has 1 aromatic heterocycles. The number of nitrogens with two attached hydrogens (primary N) is 1. The van der Waals surface area contributed by atoms with Crippen LogP contribution in [0.15, 0.2) is 24.5 Å². The lowest BCUT2D eigenvalue weighted by Crippen LogP contribution is -2.29. The SMILES string of the molecule is NCC1CCCC1Nc1ccncc1. The van der Waals surface area contributed by atoms with Gasteiger partial charge in [-0.2, -0.15) is 0 Å². The van der Waals surface area contributed by atoms with E-state index in [0.717, 1.165) is 12.2 Å². The summed E-state index contributed by atoms with van der Waals surface area (Å²) in [4.78, 5) is 3.99. The van der Waals surface area contributed by atoms with E-state index < -0.39 is 0 Å². The molecule has 14 heavy (non-hydrogen) atoms. The van der Waals surface area contributed by atoms with Crippen LogP contribution in [0.2, 0.25) is 0 Å². The summed E-state index contributed by atoms with van der Waals surface area (Å²) in [6.45, 7) is 0.794. The van der Waals surface area contributed by atoms with Gasteiger partial charge in [-0.3, -0.25) is 4.98 Å². The van der Waals surface area contributed by atoms with Crippen LogP contribution in [-0.2, 0) is 0 Å². The minimum absolute atomic E-state index is 0.558. The number of nitrogens with zero attached hydrogens (tertiary/aromatic N) is 1. The maximum Gasteiger partial charge on any atom is 0.0373 e. The molecule has 2 atom stereocenters. The molecule has 1 aliphatic rings. The molecule has 0 aromatic carbocycles. The molecule has 0 spiro atoms. The fourth-order valence-electron chi connectivity index (χ4n) is 2.17. The van der Waals surface area contributed by atoms with E-state index in [4.69, 9.17) is 5.73 Å². The second-order valence-corrected chi connectivity index (χ2v) is 3.91. The molecule has 2 rings (SSSR count). The molecule has 1 saturated carbocycles. The topological polar surface area (TPSA) is 50.9 Å². The lowest BCUT2D eigenvalue weighted by atomic mass is 10.0. The Morgan fingerprint density at radius 3 is 2.86 bits per heavy atom. The molecule has 0 aliphatic heterocycles. The standard InChI is InChI=1S/C11H17N3/c12-8-9-2-1-3-11(9)14-10-4-6-13-7-5-10/h4-7,9,11H,1-3,8,12H2,(H,13,14). The molecule has 3 N–H and O–H groups in total. The van der Waals surface area contributed by atoms with Crippen molar-refractivity contribution in [2.45, 2.75) is 25.3 Å². The van der Waals surface area contributed by atoms with E-state index in [1.54, 1.807) is 0 Å². The van der Waals surface area contributed by atoms with Crippen LogP contribution in [0.4, 0.5) is 5.69 Å². The Morgan fingerprint density at radius 2 is 2.14 bits per heavy atom. The zero-order valence-electron chi connectivity index (χ0n) is 8.32. The predicted molar refractivity (Wildman–Crippen MR) is 58.0 cm³/mol. The van der Waals surface area contributed by atoms with E-state index in [-0.39, 0.29) is 0 Å². The van der Waals surface area contributed by atoms with E-state index >= 15 is 0 Å². The number of hydrogen-bond acceptors (Lipinski definition) is 3. The molecule has 1 aliphatic carbocycles. The highest BCUT2D eigenvalue weighted by molar-refractivity contribution is 5.42. The van der Waals surface area contributed by atoms with Gasteiger partial charge in [-0.15, -0.1) is 0 Å². The molecule has 1 fully saturated rings. The van der Waals surface area contributed by atoms with Gasteiger partial charge in [-0.25, -0.2) is 0 Å². The monoisotopic (exact) mass is 191 g/mol. The van der Waals surface area contributed by atoms with Crippen molar-refractivity contribution in [3.05, 3.63) is 24.5 Å². The number of rotatable bonds is 3. The Bertz CT molecular complexity index is 273. The van der Waals surface area contributed by atoms with Gasteiger partial charge in [0.1, 0.15) is 0 Å². The van der Waals surface area contributed by atoms with Crippen molar-refractivity contribution in [3.8, 4) is 0 Å². The van der Waals surface area contributed by atoms with Crippen LogP contribution in [0, 0.1) is 5.92 Å². The number of aromatic nitrogens is 1. The predicted octanol–water partition coefficient (Wildman–Crippen LogP) is 1.62. The Labute approximate surface area is 84.7 Å². The van der Waals surface area contributed by atoms with Gasteiger partial charge in [-0.1, -0.05) is 6.42 Å². The van der Waals surface area contributed by atoms with Gasteiger partial charge in [0.15, 0.2) is 0 Å². The van der Waals surface area contributed by atoms with Gasteiger partial charge in [0.2, 0.25) is 0 Å². The first kappa shape index (κ1) is 9.46. The van der Waals surface area contributed by atoms with Gasteiger partial charge >= 0.3 is 0 Å². The van der Waals surface area contributed by atoms with Gasteiger partial charge in [0, 0.05) is 24.1 Å². The first-order valence-corrected chi connectivity index (χ1v) is 5.27. The normalized spacial score (nSPS) is 26.4. The lowest BCUT2D eigenvalue weighted by molar-refractivity contribution is 0.516. The first-order valence-electron chi connectivity index (χ1n) is 5.27. The van der Waals surface area contributed by atoms with Crippen LogP contribution in [0.25, 0.3) is 0 Å². The van der Waals surface area contributed by atoms with Crippen LogP contribution in [-0.4, -0.2) is 17.6 Å². The fourth-order valence-corrected chi connectivity index (χ4v) is 2.17. The van der Waals surface area contributed by atoms with Crippen LogP contribution >= 0.6 is 0 Å². The average Bonchev–Trinajstić information content (AvgIpc) is 2.67. The van der Waals surface area contributed by atoms with E-state index in [2.05, 4.69) is 10.3 Å². The molecule has 0 saturated heterocycles. The second kappa shape index (κ2) is 4.42. The van der Waals surface area contributed by atoms with E-state index in [9.17, 15) is 0 Å². The molecule has 2 unspecified atom stereocenters. The minimum Gasteiger partial charge on any atom is -0.382 e. The van der Waals surface area contributed by atoms with Crippen molar-refractivity contribution in [2.24, 2.45) is 11.7 Å². The van der Waals surface area contributed by atoms with Crippen LogP contribution in [0.3, 0.4) is 0 Å². The maximum absolute atomic E-state index is 5.73. The third-order valence-corrected chi connectivity index (χ3v) is 2.99. The number of hydrogen-bond donors (Lipinski definition) is 2. The van der Waals surface area contributed by atoms with E-state index in [1.807, 2.05) is 24.5 Å². The van der Waals surface area contributed by atoms with Crippen molar-refractivity contribution in [1.82, 2.24) is 4.98 Å². The minimum atomic E-state index is 0.558. The molecule has 3 heteroatoms. The number of nitrogens with one attached hydrogen (secondary N) is 1. The van der Waals surface area contributed by atoms with E-state index in [0.29, 0.717) is 12.0 Å². The number of anilines is 1. The largest absolute Gasteiger partial charge is 0.382 e. The van der Waals surface area contributed by atoms with Crippen molar-refractivity contribution in [2.75, 3.05) is 11.9 Å². The van der Waals surface area contributed by atoms with Crippen molar-refractivity contribution >= 4 is 5.69 Å². The van der Waals surface area contributed by atoms with Crippen LogP contribution in [0.1, 0.15) is 19.3 Å². The molecule has 1 aromatic rings. The smallest absolute Gasteiger partial charge is 0.0373 e. The van der Waals surface area contributed by atoms with Crippen LogP contribution in [0.5, 0.6) is 0 Å². The van der Waals surface area contributed by atoms with Gasteiger partial charge in [0.25, 0.3) is 0 Å². The van der Waals surface area contributed by atoms with Crippen molar-refractivity contribution in [1.29, 1.82) is 0 Å². The summed E-state index contributed by atoms with van der Waals surface area (Å²) in [7, 11) is 0. The van der Waals surface area contributed by atoms with Crippen molar-refractivity contribution < 1.29 is 0 Å². The second-order valence-electron chi connectivity index (χ2n) is 3.91. The Balaban J connectivity index is 1.97. The van der Waals surface area contributed by atoms with Crippen molar-refractivity contribution in [3.63, 3.8) is 0 Å². The summed E-state index contributed by atoms with van der Waals surface area (Å²) in [5.74, 6) is 0.642. The maximum atomic E-state index is 5.73. The average molecular weight is 191 g/mol. The van der Waals surface area contributed by atoms with Gasteiger partial charge < -0.3 is 11.1 Å². The van der Waals surface area contributed by atoms with Crippen LogP contribution < -0.4 is 11.1 Å². The Kier molecular flexibility index (Phi) is 2.99. The van der Waals surface area contributed by atoms with E-state index in [1.165, 1.54) is 19.3 Å². The Morgan fingerprint density at radius 1 is 1.36 bits per heavy atom. The highest BCUT2D eigenvalue weighted by Crippen LogP contribution is 2.27. The lowest BCUT2D eigenvalue weighted by Gasteiger charge is -2.20. The highest BCUT2D eigenvalue weighted by atomic mass is 14.9. The molecule has 0 bridgehead atoms. The Hall–Kier alpha value is -1.09. The molecular formula is C11H17N3. The highest BCUT2D eigenvalue weighted by Gasteiger charge is 2.25. The first-order chi connectivity index (χ1) is 6.90. The number of pyridine rings is 1. The molecule has 76 valence electrons. The molecular weight excluding hydrogens is 174 g/mol. The van der Waals surface area contributed by atoms with Gasteiger partial charge in [0.05, 0.1) is 0 Å². The third-order valence-electron chi connectivity index (χ3n) is 2.99. The molecule has 1 heterocycles. The third kappa shape index (κ3) is 2.04. The summed E-state index contributed by atoms with van der Waals surface area (Å²) in [5.41, 5.74) is 6.88. The molecule has 0 amide bonds. The molecule has 3 nitrogen and oxygen atoms in total.